The summed E-state index contributed by atoms with van der Waals surface area (Å²) in [6.45, 7) is 0.428. The number of Topliss-reactive ketones (excluding diaryl/α,β-unsaturated/α-hetero) is 1. The lowest BCUT2D eigenvalue weighted by Gasteiger charge is -2.34. The van der Waals surface area contributed by atoms with Crippen LogP contribution in [0.25, 0.3) is 0 Å². The molecule has 1 amide bonds. The van der Waals surface area contributed by atoms with Crippen molar-refractivity contribution in [3.8, 4) is 11.5 Å². The standard InChI is InChI=1S/C29H27NO4/c1-33-27-16-21(12-13-26(27)34-18-19-8-4-2-5-9-19)23-17-28(32)30-24-14-22(15-25(31)29(23)24)20-10-6-3-7-11-20/h2-13,16,22-23H,14-15,17-18H2,1H3,(H,30,32). The maximum atomic E-state index is 13.3. The highest BCUT2D eigenvalue weighted by Gasteiger charge is 2.38. The molecule has 0 aromatic heterocycles. The van der Waals surface area contributed by atoms with Gasteiger partial charge in [0, 0.05) is 30.0 Å². The highest BCUT2D eigenvalue weighted by Crippen LogP contribution is 2.44. The van der Waals surface area contributed by atoms with E-state index in [0.717, 1.165) is 28.0 Å². The normalized spacial score (nSPS) is 19.9. The van der Waals surface area contributed by atoms with Crippen LogP contribution in [0, 0.1) is 0 Å². The zero-order valence-electron chi connectivity index (χ0n) is 19.1. The van der Waals surface area contributed by atoms with Gasteiger partial charge >= 0.3 is 0 Å². The van der Waals surface area contributed by atoms with Gasteiger partial charge < -0.3 is 14.8 Å². The van der Waals surface area contributed by atoms with Crippen LogP contribution in [0.1, 0.15) is 47.8 Å². The molecule has 5 nitrogen and oxygen atoms in total. The van der Waals surface area contributed by atoms with E-state index in [1.807, 2.05) is 78.9 Å². The Labute approximate surface area is 199 Å². The number of nitrogens with one attached hydrogen (secondary N) is 1. The predicted molar refractivity (Wildman–Crippen MR) is 130 cm³/mol. The molecule has 1 aliphatic carbocycles. The minimum Gasteiger partial charge on any atom is -0.493 e. The van der Waals surface area contributed by atoms with Gasteiger partial charge in [-0.1, -0.05) is 66.7 Å². The second-order valence-electron chi connectivity index (χ2n) is 8.82. The third-order valence-corrected chi connectivity index (χ3v) is 6.63. The SMILES string of the molecule is COc1cc(C2CC(=O)NC3=C2C(=O)CC(c2ccccc2)C3)ccc1OCc1ccccc1. The lowest BCUT2D eigenvalue weighted by Crippen LogP contribution is -2.38. The van der Waals surface area contributed by atoms with Crippen LogP contribution in [0.4, 0.5) is 0 Å². The molecule has 172 valence electrons. The monoisotopic (exact) mass is 453 g/mol. The van der Waals surface area contributed by atoms with Crippen molar-refractivity contribution in [2.45, 2.75) is 37.7 Å². The fourth-order valence-corrected chi connectivity index (χ4v) is 4.96. The number of benzene rings is 3. The van der Waals surface area contributed by atoms with E-state index >= 15 is 0 Å². The van der Waals surface area contributed by atoms with Crippen molar-refractivity contribution >= 4 is 11.7 Å². The van der Waals surface area contributed by atoms with Gasteiger partial charge in [-0.15, -0.1) is 0 Å². The molecule has 1 aliphatic heterocycles. The van der Waals surface area contributed by atoms with E-state index < -0.39 is 0 Å². The van der Waals surface area contributed by atoms with Crippen LogP contribution >= 0.6 is 0 Å². The summed E-state index contributed by atoms with van der Waals surface area (Å²) < 4.78 is 11.6. The lowest BCUT2D eigenvalue weighted by atomic mass is 9.73. The Hall–Kier alpha value is -3.86. The zero-order chi connectivity index (χ0) is 23.5. The summed E-state index contributed by atoms with van der Waals surface area (Å²) in [5, 5.41) is 2.99. The van der Waals surface area contributed by atoms with Crippen LogP contribution in [0.15, 0.2) is 90.1 Å². The first-order chi connectivity index (χ1) is 16.6. The van der Waals surface area contributed by atoms with Gasteiger partial charge in [0.1, 0.15) is 6.61 Å². The number of ketones is 1. The number of amides is 1. The smallest absolute Gasteiger partial charge is 0.225 e. The molecule has 2 aliphatic rings. The Balaban J connectivity index is 1.42. The van der Waals surface area contributed by atoms with Crippen molar-refractivity contribution in [3.63, 3.8) is 0 Å². The molecule has 1 N–H and O–H groups in total. The first-order valence-electron chi connectivity index (χ1n) is 11.6. The number of allylic oxidation sites excluding steroid dienone is 2. The molecule has 3 aromatic rings. The molecular formula is C29H27NO4. The van der Waals surface area contributed by atoms with E-state index in [9.17, 15) is 9.59 Å². The molecule has 0 saturated heterocycles. The molecule has 34 heavy (non-hydrogen) atoms. The molecule has 5 heteroatoms. The van der Waals surface area contributed by atoms with Gasteiger partial charge in [0.25, 0.3) is 0 Å². The molecule has 0 saturated carbocycles. The van der Waals surface area contributed by atoms with Crippen molar-refractivity contribution < 1.29 is 19.1 Å². The Kier molecular flexibility index (Phi) is 6.17. The van der Waals surface area contributed by atoms with E-state index in [-0.39, 0.29) is 29.9 Å². The minimum atomic E-state index is -0.287. The van der Waals surface area contributed by atoms with E-state index in [1.165, 1.54) is 0 Å². The first kappa shape index (κ1) is 22.0. The number of methoxy groups -OCH3 is 1. The van der Waals surface area contributed by atoms with Gasteiger partial charge in [0.05, 0.1) is 7.11 Å². The first-order valence-corrected chi connectivity index (χ1v) is 11.6. The molecule has 0 radical (unpaired) electrons. The Bertz CT molecular complexity index is 1230. The molecule has 0 bridgehead atoms. The maximum Gasteiger partial charge on any atom is 0.225 e. The Morgan fingerprint density at radius 2 is 1.56 bits per heavy atom. The molecule has 2 atom stereocenters. The average Bonchev–Trinajstić information content (AvgIpc) is 2.87. The summed E-state index contributed by atoms with van der Waals surface area (Å²) in [4.78, 5) is 25.9. The van der Waals surface area contributed by atoms with Crippen molar-refractivity contribution in [1.82, 2.24) is 5.32 Å². The summed E-state index contributed by atoms with van der Waals surface area (Å²) in [5.74, 6) is 1.05. The van der Waals surface area contributed by atoms with Crippen molar-refractivity contribution in [2.24, 2.45) is 0 Å². The number of carbonyl (C=O) groups is 2. The van der Waals surface area contributed by atoms with Crippen molar-refractivity contribution in [3.05, 3.63) is 107 Å². The van der Waals surface area contributed by atoms with Crippen LogP contribution < -0.4 is 14.8 Å². The van der Waals surface area contributed by atoms with Crippen molar-refractivity contribution in [1.29, 1.82) is 0 Å². The number of ether oxygens (including phenoxy) is 2. The lowest BCUT2D eigenvalue weighted by molar-refractivity contribution is -0.122. The summed E-state index contributed by atoms with van der Waals surface area (Å²) in [6.07, 6.45) is 1.35. The topological polar surface area (TPSA) is 64.6 Å². The molecule has 0 fully saturated rings. The van der Waals surface area contributed by atoms with Crippen molar-refractivity contribution in [2.75, 3.05) is 7.11 Å². The summed E-state index contributed by atoms with van der Waals surface area (Å²) in [5.41, 5.74) is 4.56. The third-order valence-electron chi connectivity index (χ3n) is 6.63. The predicted octanol–water partition coefficient (Wildman–Crippen LogP) is 5.28. The second-order valence-corrected chi connectivity index (χ2v) is 8.82. The molecule has 3 aromatic carbocycles. The Morgan fingerprint density at radius 1 is 0.824 bits per heavy atom. The highest BCUT2D eigenvalue weighted by molar-refractivity contribution is 6.02. The molecular weight excluding hydrogens is 426 g/mol. The fraction of sp³-hybridized carbons (Fsp3) is 0.241. The summed E-state index contributed by atoms with van der Waals surface area (Å²) in [6, 6.07) is 25.7. The third kappa shape index (κ3) is 4.46. The van der Waals surface area contributed by atoms with E-state index in [2.05, 4.69) is 5.32 Å². The van der Waals surface area contributed by atoms with E-state index in [0.29, 0.717) is 30.9 Å². The van der Waals surface area contributed by atoms with Crippen LogP contribution in [-0.4, -0.2) is 18.8 Å². The van der Waals surface area contributed by atoms with Gasteiger partial charge in [-0.2, -0.15) is 0 Å². The molecule has 1 heterocycles. The van der Waals surface area contributed by atoms with Gasteiger partial charge in [0.15, 0.2) is 17.3 Å². The summed E-state index contributed by atoms with van der Waals surface area (Å²) >= 11 is 0. The van der Waals surface area contributed by atoms with Gasteiger partial charge in [-0.25, -0.2) is 0 Å². The zero-order valence-corrected chi connectivity index (χ0v) is 19.1. The largest absolute Gasteiger partial charge is 0.493 e. The fourth-order valence-electron chi connectivity index (χ4n) is 4.96. The van der Waals surface area contributed by atoms with E-state index in [1.54, 1.807) is 7.11 Å². The summed E-state index contributed by atoms with van der Waals surface area (Å²) in [7, 11) is 1.60. The van der Waals surface area contributed by atoms with Gasteiger partial charge in [0.2, 0.25) is 5.91 Å². The molecule has 5 rings (SSSR count). The van der Waals surface area contributed by atoms with Gasteiger partial charge in [-0.05, 0) is 41.2 Å². The van der Waals surface area contributed by atoms with Crippen LogP contribution in [0.5, 0.6) is 11.5 Å². The second kappa shape index (κ2) is 9.56. The molecule has 2 unspecified atom stereocenters. The minimum absolute atomic E-state index is 0.0615. The Morgan fingerprint density at radius 3 is 2.29 bits per heavy atom. The molecule has 0 spiro atoms. The highest BCUT2D eigenvalue weighted by atomic mass is 16.5. The van der Waals surface area contributed by atoms with Crippen LogP contribution in [0.2, 0.25) is 0 Å². The maximum absolute atomic E-state index is 13.3. The number of hydrogen-bond acceptors (Lipinski definition) is 4. The number of hydrogen-bond donors (Lipinski definition) is 1. The van der Waals surface area contributed by atoms with Gasteiger partial charge in [-0.3, -0.25) is 9.59 Å². The van der Waals surface area contributed by atoms with Crippen LogP contribution in [-0.2, 0) is 16.2 Å². The average molecular weight is 454 g/mol. The van der Waals surface area contributed by atoms with Crippen LogP contribution in [0.3, 0.4) is 0 Å². The number of carbonyl (C=O) groups excluding carboxylic acids is 2. The quantitative estimate of drug-likeness (QED) is 0.552. The number of rotatable bonds is 6. The van der Waals surface area contributed by atoms with E-state index in [4.69, 9.17) is 9.47 Å².